The highest BCUT2D eigenvalue weighted by Gasteiger charge is 2.21. The van der Waals surface area contributed by atoms with E-state index in [1.165, 1.54) is 5.57 Å². The summed E-state index contributed by atoms with van der Waals surface area (Å²) in [5.41, 5.74) is 4.07. The molecule has 0 aliphatic carbocycles. The first-order chi connectivity index (χ1) is 14.4. The second kappa shape index (κ2) is 10.2. The van der Waals surface area contributed by atoms with Crippen LogP contribution in [-0.4, -0.2) is 42.4 Å². The molecule has 1 aliphatic rings. The lowest BCUT2D eigenvalue weighted by atomic mass is 10.0. The fraction of sp³-hybridized carbons (Fsp3) is 0.360. The normalized spacial score (nSPS) is 14.8. The van der Waals surface area contributed by atoms with Gasteiger partial charge in [0.25, 0.3) is 11.8 Å². The quantitative estimate of drug-likeness (QED) is 0.700. The topological polar surface area (TPSA) is 61.4 Å². The van der Waals surface area contributed by atoms with Crippen LogP contribution in [0.4, 0.5) is 5.69 Å². The van der Waals surface area contributed by atoms with Crippen molar-refractivity contribution >= 4 is 17.5 Å². The lowest BCUT2D eigenvalue weighted by Crippen LogP contribution is -2.44. The summed E-state index contributed by atoms with van der Waals surface area (Å²) in [5.74, 6) is -0.270. The minimum Gasteiger partial charge on any atom is -0.349 e. The Morgan fingerprint density at radius 2 is 1.70 bits per heavy atom. The number of hydrogen-bond acceptors (Lipinski definition) is 3. The van der Waals surface area contributed by atoms with Crippen LogP contribution in [0.15, 0.2) is 60.2 Å². The van der Waals surface area contributed by atoms with Gasteiger partial charge >= 0.3 is 0 Å². The van der Waals surface area contributed by atoms with Crippen molar-refractivity contribution in [2.24, 2.45) is 0 Å². The van der Waals surface area contributed by atoms with Gasteiger partial charge in [-0.05, 0) is 63.4 Å². The Morgan fingerprint density at radius 1 is 1.00 bits per heavy atom. The molecule has 2 aromatic rings. The number of carbonyl (C=O) groups is 2. The van der Waals surface area contributed by atoms with Crippen LogP contribution in [0.5, 0.6) is 0 Å². The van der Waals surface area contributed by atoms with E-state index < -0.39 is 0 Å². The number of nitrogens with zero attached hydrogens (tertiary/aromatic N) is 1. The number of piperidine rings is 1. The van der Waals surface area contributed by atoms with Gasteiger partial charge in [0.15, 0.2) is 0 Å². The summed E-state index contributed by atoms with van der Waals surface area (Å²) in [7, 11) is 0. The predicted octanol–water partition coefficient (Wildman–Crippen LogP) is 4.41. The van der Waals surface area contributed by atoms with Crippen LogP contribution < -0.4 is 10.6 Å². The fourth-order valence-electron chi connectivity index (χ4n) is 3.52. The second-order valence-electron chi connectivity index (χ2n) is 8.18. The average molecular weight is 406 g/mol. The largest absolute Gasteiger partial charge is 0.349 e. The molecule has 1 saturated heterocycles. The van der Waals surface area contributed by atoms with E-state index in [-0.39, 0.29) is 17.9 Å². The molecule has 0 radical (unpaired) electrons. The first-order valence-electron chi connectivity index (χ1n) is 10.6. The highest BCUT2D eigenvalue weighted by molar-refractivity contribution is 6.05. The van der Waals surface area contributed by atoms with E-state index in [2.05, 4.69) is 35.5 Å². The molecule has 0 saturated carbocycles. The number of likely N-dealkylation sites (tertiary alicyclic amines) is 1. The molecule has 1 heterocycles. The van der Waals surface area contributed by atoms with Crippen LogP contribution in [0, 0.1) is 6.92 Å². The van der Waals surface area contributed by atoms with Gasteiger partial charge in [0, 0.05) is 42.5 Å². The van der Waals surface area contributed by atoms with E-state index in [1.54, 1.807) is 18.2 Å². The Kier molecular flexibility index (Phi) is 7.41. The molecule has 0 aromatic heterocycles. The van der Waals surface area contributed by atoms with E-state index in [0.717, 1.165) is 38.0 Å². The molecule has 158 valence electrons. The lowest BCUT2D eigenvalue weighted by molar-refractivity contribution is 0.0913. The minimum absolute atomic E-state index is 0.0899. The van der Waals surface area contributed by atoms with E-state index in [9.17, 15) is 9.59 Å². The first kappa shape index (κ1) is 21.8. The molecule has 0 spiro atoms. The standard InChI is InChI=1S/C25H31N3O2/c1-18(2)11-14-28-15-12-22(13-16-28)26-25(30)21-10-9-19(3)23(17-21)27-24(29)20-7-5-4-6-8-20/h4-11,17,22H,12-16H2,1-3H3,(H,26,30)(H,27,29). The van der Waals surface area contributed by atoms with E-state index in [4.69, 9.17) is 0 Å². The van der Waals surface area contributed by atoms with E-state index >= 15 is 0 Å². The van der Waals surface area contributed by atoms with Gasteiger partial charge < -0.3 is 10.6 Å². The summed E-state index contributed by atoms with van der Waals surface area (Å²) in [6, 6.07) is 14.7. The minimum atomic E-state index is -0.181. The molecule has 0 unspecified atom stereocenters. The average Bonchev–Trinajstić information content (AvgIpc) is 2.75. The van der Waals surface area contributed by atoms with Crippen LogP contribution in [0.1, 0.15) is 53.0 Å². The Hall–Kier alpha value is -2.92. The molecule has 30 heavy (non-hydrogen) atoms. The number of nitrogens with one attached hydrogen (secondary N) is 2. The van der Waals surface area contributed by atoms with Crippen molar-refractivity contribution in [3.05, 3.63) is 76.9 Å². The first-order valence-corrected chi connectivity index (χ1v) is 10.6. The number of amides is 2. The molecule has 0 bridgehead atoms. The molecule has 1 fully saturated rings. The Balaban J connectivity index is 1.58. The maximum absolute atomic E-state index is 12.8. The summed E-state index contributed by atoms with van der Waals surface area (Å²) in [6.07, 6.45) is 4.15. The van der Waals surface area contributed by atoms with Crippen molar-refractivity contribution in [3.8, 4) is 0 Å². The van der Waals surface area contributed by atoms with Gasteiger partial charge in [-0.2, -0.15) is 0 Å². The third-order valence-corrected chi connectivity index (χ3v) is 5.46. The number of carbonyl (C=O) groups excluding carboxylic acids is 2. The van der Waals surface area contributed by atoms with Crippen LogP contribution in [0.2, 0.25) is 0 Å². The molecule has 5 heteroatoms. The van der Waals surface area contributed by atoms with Crippen molar-refractivity contribution in [2.45, 2.75) is 39.7 Å². The molecule has 1 aliphatic heterocycles. The predicted molar refractivity (Wildman–Crippen MR) is 122 cm³/mol. The number of anilines is 1. The highest BCUT2D eigenvalue weighted by atomic mass is 16.2. The van der Waals surface area contributed by atoms with Crippen LogP contribution in [0.3, 0.4) is 0 Å². The third-order valence-electron chi connectivity index (χ3n) is 5.46. The van der Waals surface area contributed by atoms with Crippen molar-refractivity contribution in [1.29, 1.82) is 0 Å². The molecule has 2 aromatic carbocycles. The molecule has 2 N–H and O–H groups in total. The summed E-state index contributed by atoms with van der Waals surface area (Å²) < 4.78 is 0. The lowest BCUT2D eigenvalue weighted by Gasteiger charge is -2.31. The van der Waals surface area contributed by atoms with Crippen molar-refractivity contribution < 1.29 is 9.59 Å². The number of aryl methyl sites for hydroxylation is 1. The third kappa shape index (κ3) is 6.04. The van der Waals surface area contributed by atoms with E-state index in [1.807, 2.05) is 37.3 Å². The van der Waals surface area contributed by atoms with Gasteiger partial charge in [-0.25, -0.2) is 0 Å². The zero-order valence-electron chi connectivity index (χ0n) is 18.1. The number of hydrogen-bond donors (Lipinski definition) is 2. The Morgan fingerprint density at radius 3 is 2.37 bits per heavy atom. The molecule has 5 nitrogen and oxygen atoms in total. The molecule has 2 amide bonds. The number of benzene rings is 2. The van der Waals surface area contributed by atoms with Crippen LogP contribution >= 0.6 is 0 Å². The summed E-state index contributed by atoms with van der Waals surface area (Å²) in [4.78, 5) is 27.7. The molecule has 0 atom stereocenters. The second-order valence-corrected chi connectivity index (χ2v) is 8.18. The monoisotopic (exact) mass is 405 g/mol. The Bertz CT molecular complexity index is 909. The van der Waals surface area contributed by atoms with Gasteiger partial charge in [0.1, 0.15) is 0 Å². The molecule has 3 rings (SSSR count). The van der Waals surface area contributed by atoms with Gasteiger partial charge in [0.2, 0.25) is 0 Å². The smallest absolute Gasteiger partial charge is 0.255 e. The number of allylic oxidation sites excluding steroid dienone is 1. The van der Waals surface area contributed by atoms with Gasteiger partial charge in [-0.15, -0.1) is 0 Å². The SMILES string of the molecule is CC(C)=CCN1CCC(NC(=O)c2ccc(C)c(NC(=O)c3ccccc3)c2)CC1. The van der Waals surface area contributed by atoms with E-state index in [0.29, 0.717) is 16.8 Å². The van der Waals surface area contributed by atoms with Crippen molar-refractivity contribution in [2.75, 3.05) is 25.0 Å². The zero-order chi connectivity index (χ0) is 21.5. The van der Waals surface area contributed by atoms with Crippen LogP contribution in [0.25, 0.3) is 0 Å². The summed E-state index contributed by atoms with van der Waals surface area (Å²) in [5, 5.41) is 6.08. The van der Waals surface area contributed by atoms with Gasteiger partial charge in [-0.3, -0.25) is 14.5 Å². The van der Waals surface area contributed by atoms with Gasteiger partial charge in [0.05, 0.1) is 0 Å². The van der Waals surface area contributed by atoms with Crippen molar-refractivity contribution in [1.82, 2.24) is 10.2 Å². The van der Waals surface area contributed by atoms with Gasteiger partial charge in [-0.1, -0.05) is 35.9 Å². The maximum Gasteiger partial charge on any atom is 0.255 e. The van der Waals surface area contributed by atoms with Crippen LogP contribution in [-0.2, 0) is 0 Å². The highest BCUT2D eigenvalue weighted by Crippen LogP contribution is 2.19. The summed E-state index contributed by atoms with van der Waals surface area (Å²) >= 11 is 0. The molecular formula is C25H31N3O2. The fourth-order valence-corrected chi connectivity index (χ4v) is 3.52. The summed E-state index contributed by atoms with van der Waals surface area (Å²) in [6.45, 7) is 9.11. The number of rotatable bonds is 6. The zero-order valence-corrected chi connectivity index (χ0v) is 18.1. The Labute approximate surface area is 179 Å². The maximum atomic E-state index is 12.8. The van der Waals surface area contributed by atoms with Crippen molar-refractivity contribution in [3.63, 3.8) is 0 Å². The molecular weight excluding hydrogens is 374 g/mol.